The molecule has 0 fully saturated rings. The third kappa shape index (κ3) is 3.56. The van der Waals surface area contributed by atoms with Crippen LogP contribution in [0.25, 0.3) is 0 Å². The van der Waals surface area contributed by atoms with Crippen LogP contribution in [-0.4, -0.2) is 19.9 Å². The molecule has 6 heteroatoms. The lowest BCUT2D eigenvalue weighted by atomic mass is 10.3. The fourth-order valence-corrected chi connectivity index (χ4v) is 2.35. The molecule has 1 heterocycles. The first-order valence-electron chi connectivity index (χ1n) is 4.90. The van der Waals surface area contributed by atoms with Crippen molar-refractivity contribution in [2.75, 3.05) is 6.54 Å². The van der Waals surface area contributed by atoms with Gasteiger partial charge in [-0.15, -0.1) is 12.3 Å². The highest BCUT2D eigenvalue weighted by atomic mass is 32.2. The van der Waals surface area contributed by atoms with Crippen LogP contribution in [0.3, 0.4) is 0 Å². The SMILES string of the molecule is C#CCCCNS(=O)(=O)c1cccnc1C#N. The van der Waals surface area contributed by atoms with Crippen molar-refractivity contribution in [1.82, 2.24) is 9.71 Å². The van der Waals surface area contributed by atoms with E-state index in [2.05, 4.69) is 15.6 Å². The number of nitrogens with one attached hydrogen (secondary N) is 1. The number of aromatic nitrogens is 1. The standard InChI is InChI=1S/C11H11N3O2S/c1-2-3-4-8-14-17(15,16)11-6-5-7-13-10(11)9-12/h1,5-7,14H,3-4,8H2. The van der Waals surface area contributed by atoms with Crippen molar-refractivity contribution in [3.63, 3.8) is 0 Å². The van der Waals surface area contributed by atoms with Crippen molar-refractivity contribution in [3.05, 3.63) is 24.0 Å². The van der Waals surface area contributed by atoms with Crippen molar-refractivity contribution in [2.24, 2.45) is 0 Å². The molecule has 0 aliphatic rings. The summed E-state index contributed by atoms with van der Waals surface area (Å²) in [6, 6.07) is 4.55. The summed E-state index contributed by atoms with van der Waals surface area (Å²) in [5.41, 5.74) is -0.114. The molecule has 1 aromatic rings. The summed E-state index contributed by atoms with van der Waals surface area (Å²) in [6.45, 7) is 0.242. The molecule has 0 spiro atoms. The van der Waals surface area contributed by atoms with Crippen LogP contribution >= 0.6 is 0 Å². The van der Waals surface area contributed by atoms with Gasteiger partial charge in [-0.05, 0) is 18.6 Å². The summed E-state index contributed by atoms with van der Waals surface area (Å²) in [5.74, 6) is 2.42. The van der Waals surface area contributed by atoms with Gasteiger partial charge in [0.15, 0.2) is 5.69 Å². The highest BCUT2D eigenvalue weighted by Crippen LogP contribution is 2.11. The minimum absolute atomic E-state index is 0.108. The van der Waals surface area contributed by atoms with Crippen molar-refractivity contribution >= 4 is 10.0 Å². The number of nitrogens with zero attached hydrogens (tertiary/aromatic N) is 2. The number of unbranched alkanes of at least 4 members (excludes halogenated alkanes) is 1. The minimum Gasteiger partial charge on any atom is -0.244 e. The van der Waals surface area contributed by atoms with Crippen LogP contribution in [0.2, 0.25) is 0 Å². The summed E-state index contributed by atoms with van der Waals surface area (Å²) in [4.78, 5) is 3.59. The summed E-state index contributed by atoms with van der Waals surface area (Å²) < 4.78 is 26.0. The van der Waals surface area contributed by atoms with Crippen LogP contribution in [0.4, 0.5) is 0 Å². The van der Waals surface area contributed by atoms with Gasteiger partial charge in [-0.2, -0.15) is 5.26 Å². The monoisotopic (exact) mass is 249 g/mol. The van der Waals surface area contributed by atoms with E-state index in [0.717, 1.165) is 0 Å². The Morgan fingerprint density at radius 3 is 2.94 bits per heavy atom. The largest absolute Gasteiger partial charge is 0.244 e. The van der Waals surface area contributed by atoms with Crippen molar-refractivity contribution in [3.8, 4) is 18.4 Å². The predicted octanol–water partition coefficient (Wildman–Crippen LogP) is 0.645. The van der Waals surface area contributed by atoms with Crippen LogP contribution in [-0.2, 0) is 10.0 Å². The molecule has 1 rings (SSSR count). The Bertz CT molecular complexity index is 567. The number of sulfonamides is 1. The fraction of sp³-hybridized carbons (Fsp3) is 0.273. The molecule has 0 bridgehead atoms. The topological polar surface area (TPSA) is 82.8 Å². The molecule has 1 aromatic heterocycles. The Morgan fingerprint density at radius 2 is 2.29 bits per heavy atom. The lowest BCUT2D eigenvalue weighted by molar-refractivity contribution is 0.579. The van der Waals surface area contributed by atoms with Crippen LogP contribution < -0.4 is 4.72 Å². The second-order valence-corrected chi connectivity index (χ2v) is 4.90. The zero-order valence-corrected chi connectivity index (χ0v) is 9.87. The first-order chi connectivity index (χ1) is 8.11. The molecule has 0 radical (unpaired) electrons. The zero-order valence-electron chi connectivity index (χ0n) is 9.05. The highest BCUT2D eigenvalue weighted by molar-refractivity contribution is 7.89. The zero-order chi connectivity index (χ0) is 12.7. The van der Waals surface area contributed by atoms with Crippen LogP contribution in [0.15, 0.2) is 23.2 Å². The van der Waals surface area contributed by atoms with E-state index in [1.54, 1.807) is 6.07 Å². The van der Waals surface area contributed by atoms with Crippen LogP contribution in [0, 0.1) is 23.7 Å². The van der Waals surface area contributed by atoms with Gasteiger partial charge in [0.05, 0.1) is 0 Å². The molecule has 0 amide bonds. The van der Waals surface area contributed by atoms with Gasteiger partial charge in [0.2, 0.25) is 10.0 Å². The Labute approximate surface area is 101 Å². The lowest BCUT2D eigenvalue weighted by Gasteiger charge is -2.06. The quantitative estimate of drug-likeness (QED) is 0.613. The van der Waals surface area contributed by atoms with Gasteiger partial charge in [0.25, 0.3) is 0 Å². The van der Waals surface area contributed by atoms with E-state index >= 15 is 0 Å². The Balaban J connectivity index is 2.84. The summed E-state index contributed by atoms with van der Waals surface area (Å²) >= 11 is 0. The van der Waals surface area contributed by atoms with E-state index in [1.807, 2.05) is 0 Å². The minimum atomic E-state index is -3.69. The average Bonchev–Trinajstić information content (AvgIpc) is 2.34. The normalized spacial score (nSPS) is 10.5. The van der Waals surface area contributed by atoms with Crippen LogP contribution in [0.5, 0.6) is 0 Å². The van der Waals surface area contributed by atoms with Crippen molar-refractivity contribution in [2.45, 2.75) is 17.7 Å². The predicted molar refractivity (Wildman–Crippen MR) is 62.2 cm³/mol. The summed E-state index contributed by atoms with van der Waals surface area (Å²) in [7, 11) is -3.69. The molecule has 0 unspecified atom stereocenters. The van der Waals surface area contributed by atoms with Gasteiger partial charge in [0.1, 0.15) is 11.0 Å². The van der Waals surface area contributed by atoms with E-state index < -0.39 is 10.0 Å². The second-order valence-electron chi connectivity index (χ2n) is 3.17. The molecule has 5 nitrogen and oxygen atoms in total. The number of terminal acetylenes is 1. The molecule has 0 aliphatic heterocycles. The van der Waals surface area contributed by atoms with Gasteiger partial charge < -0.3 is 0 Å². The summed E-state index contributed by atoms with van der Waals surface area (Å²) in [5, 5.41) is 8.76. The van der Waals surface area contributed by atoms with Gasteiger partial charge in [-0.25, -0.2) is 18.1 Å². The Kier molecular flexibility index (Phi) is 4.65. The van der Waals surface area contributed by atoms with E-state index in [4.69, 9.17) is 11.7 Å². The van der Waals surface area contributed by atoms with Gasteiger partial charge in [-0.1, -0.05) is 0 Å². The third-order valence-electron chi connectivity index (χ3n) is 1.96. The molecule has 1 N–H and O–H groups in total. The molecular formula is C11H11N3O2S. The van der Waals surface area contributed by atoms with E-state index in [-0.39, 0.29) is 17.1 Å². The highest BCUT2D eigenvalue weighted by Gasteiger charge is 2.18. The number of nitriles is 1. The number of hydrogen-bond donors (Lipinski definition) is 1. The molecule has 0 aliphatic carbocycles. The maximum atomic E-state index is 11.8. The molecular weight excluding hydrogens is 238 g/mol. The maximum Gasteiger partial charge on any atom is 0.243 e. The van der Waals surface area contributed by atoms with E-state index in [9.17, 15) is 8.42 Å². The molecule has 0 saturated heterocycles. The van der Waals surface area contributed by atoms with E-state index in [0.29, 0.717) is 12.8 Å². The van der Waals surface area contributed by atoms with Crippen molar-refractivity contribution in [1.29, 1.82) is 5.26 Å². The Hall–Kier alpha value is -1.89. The number of pyridine rings is 1. The number of hydrogen-bond acceptors (Lipinski definition) is 4. The van der Waals surface area contributed by atoms with Gasteiger partial charge >= 0.3 is 0 Å². The molecule has 0 saturated carbocycles. The fourth-order valence-electron chi connectivity index (χ4n) is 1.17. The van der Waals surface area contributed by atoms with Crippen molar-refractivity contribution < 1.29 is 8.42 Å². The maximum absolute atomic E-state index is 11.8. The molecule has 17 heavy (non-hydrogen) atoms. The molecule has 88 valence electrons. The smallest absolute Gasteiger partial charge is 0.243 e. The first kappa shape index (κ1) is 13.2. The van der Waals surface area contributed by atoms with Gasteiger partial charge in [0, 0.05) is 19.2 Å². The summed E-state index contributed by atoms with van der Waals surface area (Å²) in [6.07, 6.45) is 7.48. The number of rotatable bonds is 5. The van der Waals surface area contributed by atoms with Gasteiger partial charge in [-0.3, -0.25) is 0 Å². The first-order valence-corrected chi connectivity index (χ1v) is 6.38. The Morgan fingerprint density at radius 1 is 1.53 bits per heavy atom. The van der Waals surface area contributed by atoms with Crippen LogP contribution in [0.1, 0.15) is 18.5 Å². The average molecular weight is 249 g/mol. The lowest BCUT2D eigenvalue weighted by Crippen LogP contribution is -2.25. The molecule has 0 atom stereocenters. The second kappa shape index (κ2) is 6.00. The third-order valence-corrected chi connectivity index (χ3v) is 3.45. The molecule has 0 aromatic carbocycles. The van der Waals surface area contributed by atoms with E-state index in [1.165, 1.54) is 18.3 Å².